The van der Waals surface area contributed by atoms with Crippen molar-refractivity contribution in [3.05, 3.63) is 71.0 Å². The number of hydrogen-bond acceptors (Lipinski definition) is 6. The SMILES string of the molecule is Cc1noc(C)c1COc1ccc(C(=O)NC[C@@H](c2ccco2)N(C)C)cc1. The monoisotopic (exact) mass is 383 g/mol. The molecule has 1 amide bonds. The van der Waals surface area contributed by atoms with E-state index in [1.807, 2.05) is 45.0 Å². The smallest absolute Gasteiger partial charge is 0.251 e. The molecule has 0 saturated heterocycles. The number of aryl methyl sites for hydroxylation is 2. The first-order valence-corrected chi connectivity index (χ1v) is 9.08. The topological polar surface area (TPSA) is 80.7 Å². The van der Waals surface area contributed by atoms with Crippen LogP contribution in [0, 0.1) is 13.8 Å². The lowest BCUT2D eigenvalue weighted by atomic mass is 10.1. The summed E-state index contributed by atoms with van der Waals surface area (Å²) in [6, 6.07) is 10.8. The van der Waals surface area contributed by atoms with Crippen molar-refractivity contribution in [2.45, 2.75) is 26.5 Å². The number of likely N-dealkylation sites (N-methyl/N-ethyl adjacent to an activating group) is 1. The van der Waals surface area contributed by atoms with Gasteiger partial charge in [0, 0.05) is 12.1 Å². The van der Waals surface area contributed by atoms with Crippen LogP contribution in [0.1, 0.15) is 39.2 Å². The molecule has 7 heteroatoms. The molecule has 3 aromatic rings. The number of carbonyl (C=O) groups excluding carboxylic acids is 1. The average Bonchev–Trinajstić information content (AvgIpc) is 3.31. The van der Waals surface area contributed by atoms with Crippen molar-refractivity contribution in [2.75, 3.05) is 20.6 Å². The molecule has 0 spiro atoms. The van der Waals surface area contributed by atoms with E-state index in [1.165, 1.54) is 0 Å². The Morgan fingerprint density at radius 2 is 1.96 bits per heavy atom. The number of benzene rings is 1. The minimum atomic E-state index is -0.143. The van der Waals surface area contributed by atoms with Crippen molar-refractivity contribution < 1.29 is 18.5 Å². The van der Waals surface area contributed by atoms with Gasteiger partial charge in [0.25, 0.3) is 5.91 Å². The van der Waals surface area contributed by atoms with E-state index in [2.05, 4.69) is 10.5 Å². The Bertz CT molecular complexity index is 879. The summed E-state index contributed by atoms with van der Waals surface area (Å²) in [6.07, 6.45) is 1.63. The first kappa shape index (κ1) is 19.7. The summed E-state index contributed by atoms with van der Waals surface area (Å²) in [4.78, 5) is 14.5. The highest BCUT2D eigenvalue weighted by atomic mass is 16.5. The Labute approximate surface area is 164 Å². The summed E-state index contributed by atoms with van der Waals surface area (Å²) >= 11 is 0. The highest BCUT2D eigenvalue weighted by Gasteiger charge is 2.18. The molecule has 1 atom stereocenters. The van der Waals surface area contributed by atoms with Crippen LogP contribution in [0.25, 0.3) is 0 Å². The summed E-state index contributed by atoms with van der Waals surface area (Å²) in [7, 11) is 3.90. The summed E-state index contributed by atoms with van der Waals surface area (Å²) in [5.74, 6) is 2.10. The molecule has 0 aliphatic heterocycles. The van der Waals surface area contributed by atoms with Crippen molar-refractivity contribution in [1.29, 1.82) is 0 Å². The standard InChI is InChI=1S/C21H25N3O4/c1-14-18(15(2)28-23-14)13-27-17-9-7-16(8-10-17)21(25)22-12-19(24(3)4)20-6-5-11-26-20/h5-11,19H,12-13H2,1-4H3,(H,22,25)/t19-/m0/s1. The molecule has 0 fully saturated rings. The largest absolute Gasteiger partial charge is 0.489 e. The maximum atomic E-state index is 12.5. The number of amides is 1. The van der Waals surface area contributed by atoms with Crippen LogP contribution in [0.2, 0.25) is 0 Å². The van der Waals surface area contributed by atoms with Crippen molar-refractivity contribution in [1.82, 2.24) is 15.4 Å². The first-order valence-electron chi connectivity index (χ1n) is 9.08. The Hall–Kier alpha value is -3.06. The molecule has 0 bridgehead atoms. The second-order valence-electron chi connectivity index (χ2n) is 6.82. The number of hydrogen-bond donors (Lipinski definition) is 1. The zero-order valence-electron chi connectivity index (χ0n) is 16.6. The van der Waals surface area contributed by atoms with Crippen molar-refractivity contribution in [3.63, 3.8) is 0 Å². The van der Waals surface area contributed by atoms with E-state index in [9.17, 15) is 4.79 Å². The number of carbonyl (C=O) groups is 1. The number of ether oxygens (including phenoxy) is 1. The third-order valence-electron chi connectivity index (χ3n) is 4.63. The molecule has 3 rings (SSSR count). The summed E-state index contributed by atoms with van der Waals surface area (Å²) in [5, 5.41) is 6.87. The second-order valence-corrected chi connectivity index (χ2v) is 6.82. The maximum absolute atomic E-state index is 12.5. The van der Waals surface area contributed by atoms with Gasteiger partial charge in [-0.3, -0.25) is 9.69 Å². The summed E-state index contributed by atoms with van der Waals surface area (Å²) in [6.45, 7) is 4.56. The van der Waals surface area contributed by atoms with Gasteiger partial charge < -0.3 is 19.0 Å². The fourth-order valence-electron chi connectivity index (χ4n) is 2.88. The van der Waals surface area contributed by atoms with E-state index < -0.39 is 0 Å². The van der Waals surface area contributed by atoms with E-state index >= 15 is 0 Å². The average molecular weight is 383 g/mol. The first-order chi connectivity index (χ1) is 13.5. The minimum Gasteiger partial charge on any atom is -0.489 e. The molecule has 7 nitrogen and oxygen atoms in total. The highest BCUT2D eigenvalue weighted by molar-refractivity contribution is 5.94. The Kier molecular flexibility index (Phi) is 6.16. The van der Waals surface area contributed by atoms with E-state index in [0.717, 1.165) is 22.8 Å². The van der Waals surface area contributed by atoms with Crippen LogP contribution in [0.4, 0.5) is 0 Å². The number of aromatic nitrogens is 1. The zero-order chi connectivity index (χ0) is 20.1. The Morgan fingerprint density at radius 3 is 2.54 bits per heavy atom. The molecule has 0 saturated carbocycles. The molecule has 2 aromatic heterocycles. The zero-order valence-corrected chi connectivity index (χ0v) is 16.6. The Morgan fingerprint density at radius 1 is 1.21 bits per heavy atom. The minimum absolute atomic E-state index is 0.0309. The summed E-state index contributed by atoms with van der Waals surface area (Å²) in [5.41, 5.74) is 2.33. The van der Waals surface area contributed by atoms with Crippen LogP contribution >= 0.6 is 0 Å². The van der Waals surface area contributed by atoms with Gasteiger partial charge in [0.05, 0.1) is 23.6 Å². The van der Waals surface area contributed by atoms with Gasteiger partial charge in [0.15, 0.2) is 0 Å². The van der Waals surface area contributed by atoms with E-state index in [1.54, 1.807) is 30.5 Å². The van der Waals surface area contributed by atoms with Crippen LogP contribution in [0.5, 0.6) is 5.75 Å². The van der Waals surface area contributed by atoms with Crippen molar-refractivity contribution in [2.24, 2.45) is 0 Å². The molecular weight excluding hydrogens is 358 g/mol. The molecule has 0 unspecified atom stereocenters. The third-order valence-corrected chi connectivity index (χ3v) is 4.63. The maximum Gasteiger partial charge on any atom is 0.251 e. The predicted octanol–water partition coefficient (Wildman–Crippen LogP) is 3.50. The number of rotatable bonds is 8. The Balaban J connectivity index is 1.56. The fraction of sp³-hybridized carbons (Fsp3) is 0.333. The van der Waals surface area contributed by atoms with Gasteiger partial charge in [-0.1, -0.05) is 5.16 Å². The van der Waals surface area contributed by atoms with Crippen molar-refractivity contribution >= 4 is 5.91 Å². The van der Waals surface area contributed by atoms with Gasteiger partial charge in [-0.25, -0.2) is 0 Å². The van der Waals surface area contributed by atoms with Gasteiger partial charge in [-0.2, -0.15) is 0 Å². The molecule has 28 heavy (non-hydrogen) atoms. The second kappa shape index (κ2) is 8.75. The number of furan rings is 1. The van der Waals surface area contributed by atoms with Gasteiger partial charge in [-0.15, -0.1) is 0 Å². The van der Waals surface area contributed by atoms with Crippen LogP contribution < -0.4 is 10.1 Å². The molecule has 0 aliphatic carbocycles. The van der Waals surface area contributed by atoms with Gasteiger partial charge in [-0.05, 0) is 64.3 Å². The van der Waals surface area contributed by atoms with Crippen LogP contribution in [-0.4, -0.2) is 36.6 Å². The lowest BCUT2D eigenvalue weighted by Gasteiger charge is -2.22. The molecular formula is C21H25N3O4. The van der Waals surface area contributed by atoms with Gasteiger partial charge in [0.1, 0.15) is 23.9 Å². The van der Waals surface area contributed by atoms with E-state index in [4.69, 9.17) is 13.7 Å². The van der Waals surface area contributed by atoms with E-state index in [0.29, 0.717) is 24.5 Å². The highest BCUT2D eigenvalue weighted by Crippen LogP contribution is 2.19. The van der Waals surface area contributed by atoms with Gasteiger partial charge >= 0.3 is 0 Å². The van der Waals surface area contributed by atoms with Crippen molar-refractivity contribution in [3.8, 4) is 5.75 Å². The van der Waals surface area contributed by atoms with Crippen LogP contribution in [0.15, 0.2) is 51.6 Å². The fourth-order valence-corrected chi connectivity index (χ4v) is 2.88. The molecule has 148 valence electrons. The number of nitrogens with one attached hydrogen (secondary N) is 1. The van der Waals surface area contributed by atoms with Crippen LogP contribution in [0.3, 0.4) is 0 Å². The van der Waals surface area contributed by atoms with Gasteiger partial charge in [0.2, 0.25) is 0 Å². The molecule has 2 heterocycles. The predicted molar refractivity (Wildman–Crippen MR) is 104 cm³/mol. The summed E-state index contributed by atoms with van der Waals surface area (Å²) < 4.78 is 16.4. The lowest BCUT2D eigenvalue weighted by Crippen LogP contribution is -2.34. The van der Waals surface area contributed by atoms with Crippen LogP contribution in [-0.2, 0) is 6.61 Å². The molecule has 1 aromatic carbocycles. The number of nitrogens with zero attached hydrogens (tertiary/aromatic N) is 2. The molecule has 0 radical (unpaired) electrons. The lowest BCUT2D eigenvalue weighted by molar-refractivity contribution is 0.0939. The molecule has 0 aliphatic rings. The molecule has 1 N–H and O–H groups in total. The van der Waals surface area contributed by atoms with E-state index in [-0.39, 0.29) is 11.9 Å². The third kappa shape index (κ3) is 4.61. The quantitative estimate of drug-likeness (QED) is 0.641. The normalized spacial score (nSPS) is 12.2.